The minimum Gasteiger partial charge on any atom is -0.474 e. The van der Waals surface area contributed by atoms with Gasteiger partial charge >= 0.3 is 18.3 Å². The molecule has 1 saturated carbocycles. The summed E-state index contributed by atoms with van der Waals surface area (Å²) in [7, 11) is 0. The van der Waals surface area contributed by atoms with E-state index in [9.17, 15) is 35.9 Å². The number of para-hydroxylation sites is 1. The Kier molecular flexibility index (Phi) is 7.88. The third-order valence-electron chi connectivity index (χ3n) is 5.23. The summed E-state index contributed by atoms with van der Waals surface area (Å²) >= 11 is 0. The van der Waals surface area contributed by atoms with Crippen molar-refractivity contribution < 1.29 is 45.4 Å². The molecular formula is C22H21F6N3O4. The quantitative estimate of drug-likeness (QED) is 0.334. The number of alkyl halides is 6. The first-order valence-corrected chi connectivity index (χ1v) is 10.5. The van der Waals surface area contributed by atoms with Crippen molar-refractivity contribution in [2.45, 2.75) is 50.4 Å². The molecule has 1 aromatic carbocycles. The number of halogens is 6. The lowest BCUT2D eigenvalue weighted by atomic mass is 9.86. The number of pyridine rings is 1. The Balaban J connectivity index is 1.75. The molecule has 35 heavy (non-hydrogen) atoms. The zero-order valence-corrected chi connectivity index (χ0v) is 18.0. The summed E-state index contributed by atoms with van der Waals surface area (Å²) in [5, 5.41) is 2.76. The number of nitrogens with zero attached hydrogens (tertiary/aromatic N) is 1. The lowest BCUT2D eigenvalue weighted by molar-refractivity contribution is -0.205. The highest BCUT2D eigenvalue weighted by Crippen LogP contribution is 2.34. The van der Waals surface area contributed by atoms with Gasteiger partial charge in [-0.15, -0.1) is 0 Å². The molecule has 1 fully saturated rings. The molecule has 1 heterocycles. The predicted octanol–water partition coefficient (Wildman–Crippen LogP) is 4.74. The number of aromatic nitrogens is 1. The molecule has 3 rings (SSSR count). The van der Waals surface area contributed by atoms with Gasteiger partial charge in [0.05, 0.1) is 0 Å². The number of ether oxygens (including phenoxy) is 2. The molecule has 3 N–H and O–H groups in total. The van der Waals surface area contributed by atoms with Gasteiger partial charge in [0.15, 0.2) is 6.23 Å². The van der Waals surface area contributed by atoms with Crippen LogP contribution in [0, 0.1) is 5.92 Å². The number of nitrogens with two attached hydrogens (primary N) is 1. The molecule has 7 nitrogen and oxygen atoms in total. The van der Waals surface area contributed by atoms with Gasteiger partial charge in [0.2, 0.25) is 11.8 Å². The Bertz CT molecular complexity index is 1050. The van der Waals surface area contributed by atoms with Gasteiger partial charge in [-0.25, -0.2) is 9.78 Å². The second kappa shape index (κ2) is 10.5. The summed E-state index contributed by atoms with van der Waals surface area (Å²) in [4.78, 5) is 27.0. The van der Waals surface area contributed by atoms with E-state index in [1.165, 1.54) is 0 Å². The Labute approximate surface area is 195 Å². The number of amides is 1. The average molecular weight is 505 g/mol. The van der Waals surface area contributed by atoms with Crippen molar-refractivity contribution in [3.05, 3.63) is 53.7 Å². The number of nitrogens with one attached hydrogen (secondary N) is 1. The van der Waals surface area contributed by atoms with Crippen molar-refractivity contribution >= 4 is 17.6 Å². The zero-order chi connectivity index (χ0) is 25.8. The minimum absolute atomic E-state index is 0.182. The van der Waals surface area contributed by atoms with E-state index in [-0.39, 0.29) is 12.3 Å². The van der Waals surface area contributed by atoms with E-state index in [1.807, 2.05) is 0 Å². The van der Waals surface area contributed by atoms with Gasteiger partial charge < -0.3 is 14.8 Å². The van der Waals surface area contributed by atoms with Crippen molar-refractivity contribution in [2.24, 2.45) is 11.7 Å². The highest BCUT2D eigenvalue weighted by Gasteiger charge is 2.42. The van der Waals surface area contributed by atoms with Crippen LogP contribution < -0.4 is 15.8 Å². The number of esters is 1. The maximum absolute atomic E-state index is 13.3. The third kappa shape index (κ3) is 7.31. The standard InChI is InChI=1S/C22H21F6N3O4/c23-21(24,25)16-10-13(18(29)35-20(33)22(26,27)28)11-17(31-16)34-15-8-4-5-12(9-15)19(32)30-14-6-2-1-3-7-14/h1-3,6-7,10-12,15,18H,4-5,8-9,29H2,(H,30,32)/t12?,15-,18?/m0/s1. The molecule has 1 aliphatic carbocycles. The van der Waals surface area contributed by atoms with Crippen LogP contribution in [0.4, 0.5) is 32.0 Å². The number of carbonyl (C=O) groups excluding carboxylic acids is 2. The number of benzene rings is 1. The fourth-order valence-corrected chi connectivity index (χ4v) is 3.57. The van der Waals surface area contributed by atoms with E-state index in [2.05, 4.69) is 15.0 Å². The lowest BCUT2D eigenvalue weighted by Gasteiger charge is -2.29. The third-order valence-corrected chi connectivity index (χ3v) is 5.23. The summed E-state index contributed by atoms with van der Waals surface area (Å²) in [6, 6.07) is 9.93. The lowest BCUT2D eigenvalue weighted by Crippen LogP contribution is -2.33. The summed E-state index contributed by atoms with van der Waals surface area (Å²) in [6.07, 6.45) is -11.5. The molecule has 0 saturated heterocycles. The second-order valence-corrected chi connectivity index (χ2v) is 7.90. The van der Waals surface area contributed by atoms with Gasteiger partial charge in [0.1, 0.15) is 11.8 Å². The fourth-order valence-electron chi connectivity index (χ4n) is 3.57. The number of hydrogen-bond donors (Lipinski definition) is 2. The molecule has 0 spiro atoms. The molecule has 190 valence electrons. The molecule has 0 radical (unpaired) electrons. The van der Waals surface area contributed by atoms with E-state index in [1.54, 1.807) is 30.3 Å². The zero-order valence-electron chi connectivity index (χ0n) is 18.0. The fraction of sp³-hybridized carbons (Fsp3) is 0.409. The monoisotopic (exact) mass is 505 g/mol. The Hall–Kier alpha value is -3.35. The first kappa shape index (κ1) is 26.3. The number of rotatable bonds is 6. The van der Waals surface area contributed by atoms with Crippen molar-refractivity contribution in [1.29, 1.82) is 0 Å². The molecule has 13 heteroatoms. The number of anilines is 1. The van der Waals surface area contributed by atoms with Gasteiger partial charge in [-0.2, -0.15) is 26.3 Å². The van der Waals surface area contributed by atoms with Crippen molar-refractivity contribution in [3.8, 4) is 5.88 Å². The van der Waals surface area contributed by atoms with Gasteiger partial charge in [-0.05, 0) is 43.9 Å². The molecule has 0 aliphatic heterocycles. The molecule has 3 atom stereocenters. The van der Waals surface area contributed by atoms with Crippen molar-refractivity contribution in [2.75, 3.05) is 5.32 Å². The molecule has 1 amide bonds. The van der Waals surface area contributed by atoms with E-state index >= 15 is 0 Å². The summed E-state index contributed by atoms with van der Waals surface area (Å²) < 4.78 is 86.9. The smallest absolute Gasteiger partial charge is 0.474 e. The van der Waals surface area contributed by atoms with Gasteiger partial charge in [0.25, 0.3) is 0 Å². The minimum atomic E-state index is -5.38. The van der Waals surface area contributed by atoms with Gasteiger partial charge in [0, 0.05) is 23.2 Å². The van der Waals surface area contributed by atoms with Crippen LogP contribution >= 0.6 is 0 Å². The van der Waals surface area contributed by atoms with E-state index in [0.29, 0.717) is 31.0 Å². The van der Waals surface area contributed by atoms with E-state index in [0.717, 1.165) is 6.07 Å². The molecule has 0 bridgehead atoms. The Morgan fingerprint density at radius 2 is 1.74 bits per heavy atom. The molecular weight excluding hydrogens is 484 g/mol. The van der Waals surface area contributed by atoms with E-state index < -0.39 is 53.7 Å². The maximum Gasteiger partial charge on any atom is 0.490 e. The number of carbonyl (C=O) groups is 2. The van der Waals surface area contributed by atoms with Gasteiger partial charge in [-0.1, -0.05) is 18.2 Å². The summed E-state index contributed by atoms with van der Waals surface area (Å²) in [6.45, 7) is 0. The summed E-state index contributed by atoms with van der Waals surface area (Å²) in [5.41, 5.74) is 3.91. The second-order valence-electron chi connectivity index (χ2n) is 7.90. The predicted molar refractivity (Wildman–Crippen MR) is 110 cm³/mol. The molecule has 2 unspecified atom stereocenters. The number of hydrogen-bond acceptors (Lipinski definition) is 6. The first-order valence-electron chi connectivity index (χ1n) is 10.5. The topological polar surface area (TPSA) is 104 Å². The average Bonchev–Trinajstić information content (AvgIpc) is 2.78. The largest absolute Gasteiger partial charge is 0.490 e. The van der Waals surface area contributed by atoms with Crippen LogP contribution in [0.2, 0.25) is 0 Å². The first-order chi connectivity index (χ1) is 16.3. The van der Waals surface area contributed by atoms with Crippen LogP contribution in [0.5, 0.6) is 5.88 Å². The molecule has 2 aromatic rings. The Morgan fingerprint density at radius 3 is 2.37 bits per heavy atom. The van der Waals surface area contributed by atoms with Crippen LogP contribution in [0.1, 0.15) is 43.2 Å². The molecule has 1 aromatic heterocycles. The van der Waals surface area contributed by atoms with Crippen molar-refractivity contribution in [3.63, 3.8) is 0 Å². The summed E-state index contributed by atoms with van der Waals surface area (Å²) in [5.74, 6) is -3.97. The van der Waals surface area contributed by atoms with Crippen LogP contribution in [0.15, 0.2) is 42.5 Å². The molecule has 1 aliphatic rings. The Morgan fingerprint density at radius 1 is 1.06 bits per heavy atom. The van der Waals surface area contributed by atoms with Crippen LogP contribution in [0.3, 0.4) is 0 Å². The van der Waals surface area contributed by atoms with Crippen LogP contribution in [-0.2, 0) is 20.5 Å². The van der Waals surface area contributed by atoms with Gasteiger partial charge in [-0.3, -0.25) is 10.5 Å². The van der Waals surface area contributed by atoms with Crippen LogP contribution in [-0.4, -0.2) is 29.1 Å². The van der Waals surface area contributed by atoms with Crippen LogP contribution in [0.25, 0.3) is 0 Å². The normalized spacial score (nSPS) is 19.5. The SMILES string of the molecule is NC(OC(=O)C(F)(F)F)c1cc(O[C@H]2CCCC(C(=O)Nc3ccccc3)C2)nc(C(F)(F)F)c1. The highest BCUT2D eigenvalue weighted by molar-refractivity contribution is 5.92. The highest BCUT2D eigenvalue weighted by atomic mass is 19.4. The maximum atomic E-state index is 13.3. The van der Waals surface area contributed by atoms with Crippen molar-refractivity contribution in [1.82, 2.24) is 4.98 Å². The van der Waals surface area contributed by atoms with E-state index in [4.69, 9.17) is 10.5 Å².